The number of nitrogens with one attached hydrogen (secondary N) is 2. The number of rotatable bonds is 4. The molecule has 2 aromatic rings. The van der Waals surface area contributed by atoms with Crippen molar-refractivity contribution in [3.8, 4) is 0 Å². The minimum absolute atomic E-state index is 0.245. The standard InChI is InChI=1S/C16H17FN2O2/c1-11(20)13-5-7-15(8-6-13)19-16(21)18-10-12-3-2-4-14(17)9-12/h2-9,11,20H,10H2,1H3,(H2,18,19,21). The van der Waals surface area contributed by atoms with Crippen molar-refractivity contribution in [1.82, 2.24) is 5.32 Å². The van der Waals surface area contributed by atoms with Crippen molar-refractivity contribution >= 4 is 11.7 Å². The van der Waals surface area contributed by atoms with Crippen LogP contribution in [0, 0.1) is 5.82 Å². The number of aliphatic hydroxyl groups excluding tert-OH is 1. The number of halogens is 1. The summed E-state index contributed by atoms with van der Waals surface area (Å²) in [6.07, 6.45) is -0.541. The second-order valence-electron chi connectivity index (χ2n) is 4.74. The van der Waals surface area contributed by atoms with Crippen LogP contribution in [0.15, 0.2) is 48.5 Å². The fraction of sp³-hybridized carbons (Fsp3) is 0.188. The average molecular weight is 288 g/mol. The number of anilines is 1. The molecule has 0 spiro atoms. The molecular weight excluding hydrogens is 271 g/mol. The van der Waals surface area contributed by atoms with Crippen molar-refractivity contribution in [3.05, 3.63) is 65.5 Å². The SMILES string of the molecule is CC(O)c1ccc(NC(=O)NCc2cccc(F)c2)cc1. The van der Waals surface area contributed by atoms with E-state index < -0.39 is 6.10 Å². The van der Waals surface area contributed by atoms with Gasteiger partial charge in [0.25, 0.3) is 0 Å². The van der Waals surface area contributed by atoms with Crippen LogP contribution in [0.3, 0.4) is 0 Å². The summed E-state index contributed by atoms with van der Waals surface area (Å²) in [5, 5.41) is 14.7. The van der Waals surface area contributed by atoms with E-state index in [9.17, 15) is 14.3 Å². The molecule has 0 aliphatic carbocycles. The van der Waals surface area contributed by atoms with Gasteiger partial charge in [-0.05, 0) is 42.3 Å². The van der Waals surface area contributed by atoms with Gasteiger partial charge in [-0.25, -0.2) is 9.18 Å². The predicted molar refractivity (Wildman–Crippen MR) is 79.3 cm³/mol. The number of urea groups is 1. The Morgan fingerprint density at radius 2 is 1.95 bits per heavy atom. The Balaban J connectivity index is 1.87. The lowest BCUT2D eigenvalue weighted by Gasteiger charge is -2.09. The number of aliphatic hydroxyl groups is 1. The molecule has 0 bridgehead atoms. The molecule has 2 amide bonds. The van der Waals surface area contributed by atoms with Gasteiger partial charge in [0.15, 0.2) is 0 Å². The van der Waals surface area contributed by atoms with Crippen LogP contribution in [0.1, 0.15) is 24.2 Å². The Hall–Kier alpha value is -2.40. The summed E-state index contributed by atoms with van der Waals surface area (Å²) < 4.78 is 13.0. The normalized spacial score (nSPS) is 11.8. The van der Waals surface area contributed by atoms with Crippen LogP contribution in [0.4, 0.5) is 14.9 Å². The van der Waals surface area contributed by atoms with E-state index in [-0.39, 0.29) is 18.4 Å². The van der Waals surface area contributed by atoms with Gasteiger partial charge in [0, 0.05) is 12.2 Å². The lowest BCUT2D eigenvalue weighted by Crippen LogP contribution is -2.28. The van der Waals surface area contributed by atoms with Crippen molar-refractivity contribution in [2.45, 2.75) is 19.6 Å². The quantitative estimate of drug-likeness (QED) is 0.809. The van der Waals surface area contributed by atoms with Gasteiger partial charge < -0.3 is 15.7 Å². The first-order valence-corrected chi connectivity index (χ1v) is 6.62. The second-order valence-corrected chi connectivity index (χ2v) is 4.74. The van der Waals surface area contributed by atoms with Crippen LogP contribution in [0.2, 0.25) is 0 Å². The third-order valence-corrected chi connectivity index (χ3v) is 2.99. The highest BCUT2D eigenvalue weighted by Gasteiger charge is 2.04. The van der Waals surface area contributed by atoms with Crippen LogP contribution in [-0.2, 0) is 6.54 Å². The van der Waals surface area contributed by atoms with E-state index in [0.29, 0.717) is 11.3 Å². The van der Waals surface area contributed by atoms with Crippen molar-refractivity contribution in [1.29, 1.82) is 0 Å². The van der Waals surface area contributed by atoms with Crippen molar-refractivity contribution in [2.75, 3.05) is 5.32 Å². The Bertz CT molecular complexity index is 612. The number of carbonyl (C=O) groups excluding carboxylic acids is 1. The Morgan fingerprint density at radius 3 is 2.57 bits per heavy atom. The zero-order chi connectivity index (χ0) is 15.2. The molecule has 2 aromatic carbocycles. The first kappa shape index (κ1) is 15.0. The van der Waals surface area contributed by atoms with E-state index in [1.54, 1.807) is 43.3 Å². The minimum Gasteiger partial charge on any atom is -0.389 e. The number of carbonyl (C=O) groups is 1. The minimum atomic E-state index is -0.541. The van der Waals surface area contributed by atoms with Gasteiger partial charge in [0.2, 0.25) is 0 Å². The maximum absolute atomic E-state index is 13.0. The number of benzene rings is 2. The van der Waals surface area contributed by atoms with Crippen LogP contribution in [0.25, 0.3) is 0 Å². The van der Waals surface area contributed by atoms with Crippen molar-refractivity contribution < 1.29 is 14.3 Å². The average Bonchev–Trinajstić information content (AvgIpc) is 2.46. The highest BCUT2D eigenvalue weighted by Crippen LogP contribution is 2.15. The Kier molecular flexibility index (Phi) is 4.90. The molecule has 0 aliphatic rings. The molecule has 0 aromatic heterocycles. The van der Waals surface area contributed by atoms with Gasteiger partial charge in [0.1, 0.15) is 5.82 Å². The van der Waals surface area contributed by atoms with Gasteiger partial charge in [-0.1, -0.05) is 24.3 Å². The maximum Gasteiger partial charge on any atom is 0.319 e. The van der Waals surface area contributed by atoms with E-state index in [4.69, 9.17) is 0 Å². The first-order chi connectivity index (χ1) is 10.0. The highest BCUT2D eigenvalue weighted by atomic mass is 19.1. The van der Waals surface area contributed by atoms with Gasteiger partial charge in [-0.2, -0.15) is 0 Å². The molecule has 0 saturated heterocycles. The maximum atomic E-state index is 13.0. The molecule has 0 radical (unpaired) electrons. The summed E-state index contributed by atoms with van der Waals surface area (Å²) in [7, 11) is 0. The van der Waals surface area contributed by atoms with Crippen LogP contribution in [-0.4, -0.2) is 11.1 Å². The Labute approximate surface area is 122 Å². The summed E-state index contributed by atoms with van der Waals surface area (Å²) >= 11 is 0. The largest absolute Gasteiger partial charge is 0.389 e. The van der Waals surface area contributed by atoms with E-state index in [2.05, 4.69) is 10.6 Å². The number of amides is 2. The molecule has 3 N–H and O–H groups in total. The van der Waals surface area contributed by atoms with Gasteiger partial charge >= 0.3 is 6.03 Å². The molecule has 5 heteroatoms. The Morgan fingerprint density at radius 1 is 1.24 bits per heavy atom. The monoisotopic (exact) mass is 288 g/mol. The molecule has 0 fully saturated rings. The van der Waals surface area contributed by atoms with E-state index in [1.807, 2.05) is 0 Å². The van der Waals surface area contributed by atoms with Crippen molar-refractivity contribution in [3.63, 3.8) is 0 Å². The molecule has 21 heavy (non-hydrogen) atoms. The zero-order valence-corrected chi connectivity index (χ0v) is 11.6. The number of hydrogen-bond acceptors (Lipinski definition) is 2. The molecule has 4 nitrogen and oxygen atoms in total. The summed E-state index contributed by atoms with van der Waals surface area (Å²) in [5.41, 5.74) is 2.09. The van der Waals surface area contributed by atoms with Crippen LogP contribution >= 0.6 is 0 Å². The molecule has 0 aliphatic heterocycles. The van der Waals surface area contributed by atoms with Gasteiger partial charge in [-0.15, -0.1) is 0 Å². The van der Waals surface area contributed by atoms with E-state index >= 15 is 0 Å². The van der Waals surface area contributed by atoms with Crippen molar-refractivity contribution in [2.24, 2.45) is 0 Å². The smallest absolute Gasteiger partial charge is 0.319 e. The molecule has 2 rings (SSSR count). The van der Waals surface area contributed by atoms with E-state index in [1.165, 1.54) is 12.1 Å². The highest BCUT2D eigenvalue weighted by molar-refractivity contribution is 5.89. The summed E-state index contributed by atoms with van der Waals surface area (Å²) in [6, 6.07) is 12.6. The fourth-order valence-corrected chi connectivity index (χ4v) is 1.85. The molecule has 0 saturated carbocycles. The number of hydrogen-bond donors (Lipinski definition) is 3. The third-order valence-electron chi connectivity index (χ3n) is 2.99. The first-order valence-electron chi connectivity index (χ1n) is 6.62. The molecule has 1 atom stereocenters. The van der Waals surface area contributed by atoms with Gasteiger partial charge in [-0.3, -0.25) is 0 Å². The van der Waals surface area contributed by atoms with Crippen LogP contribution < -0.4 is 10.6 Å². The summed E-state index contributed by atoms with van der Waals surface area (Å²) in [5.74, 6) is -0.330. The third kappa shape index (κ3) is 4.57. The predicted octanol–water partition coefficient (Wildman–Crippen LogP) is 3.20. The van der Waals surface area contributed by atoms with Crippen LogP contribution in [0.5, 0.6) is 0 Å². The summed E-state index contributed by atoms with van der Waals surface area (Å²) in [4.78, 5) is 11.7. The summed E-state index contributed by atoms with van der Waals surface area (Å²) in [6.45, 7) is 1.92. The van der Waals surface area contributed by atoms with Gasteiger partial charge in [0.05, 0.1) is 6.10 Å². The van der Waals surface area contributed by atoms with E-state index in [0.717, 1.165) is 5.56 Å². The molecule has 1 unspecified atom stereocenters. The second kappa shape index (κ2) is 6.85. The molecular formula is C16H17FN2O2. The fourth-order valence-electron chi connectivity index (χ4n) is 1.85. The lowest BCUT2D eigenvalue weighted by atomic mass is 10.1. The molecule has 110 valence electrons. The zero-order valence-electron chi connectivity index (χ0n) is 11.6. The molecule has 0 heterocycles. The lowest BCUT2D eigenvalue weighted by molar-refractivity contribution is 0.199. The topological polar surface area (TPSA) is 61.4 Å².